The van der Waals surface area contributed by atoms with E-state index in [4.69, 9.17) is 0 Å². The van der Waals surface area contributed by atoms with Crippen molar-refractivity contribution < 1.29 is 9.90 Å². The van der Waals surface area contributed by atoms with Crippen LogP contribution in [0.5, 0.6) is 0 Å². The summed E-state index contributed by atoms with van der Waals surface area (Å²) in [5.74, 6) is -0.0348. The van der Waals surface area contributed by atoms with Gasteiger partial charge < -0.3 is 15.7 Å². The molecular weight excluding hydrogens is 236 g/mol. The molecule has 1 aromatic rings. The first kappa shape index (κ1) is 14.2. The van der Waals surface area contributed by atoms with Crippen molar-refractivity contribution in [2.75, 3.05) is 13.1 Å². The van der Waals surface area contributed by atoms with Crippen LogP contribution >= 0.6 is 11.3 Å². The Kier molecular flexibility index (Phi) is 6.18. The van der Waals surface area contributed by atoms with Crippen LogP contribution < -0.4 is 10.6 Å². The molecule has 0 fully saturated rings. The minimum absolute atomic E-state index is 0.0348. The van der Waals surface area contributed by atoms with Gasteiger partial charge in [0, 0.05) is 25.6 Å². The van der Waals surface area contributed by atoms with Crippen LogP contribution in [0.3, 0.4) is 0 Å². The van der Waals surface area contributed by atoms with E-state index in [9.17, 15) is 9.90 Å². The first-order valence-electron chi connectivity index (χ1n) is 5.80. The maximum atomic E-state index is 11.4. The molecule has 0 aliphatic heterocycles. The van der Waals surface area contributed by atoms with E-state index in [1.165, 1.54) is 11.3 Å². The van der Waals surface area contributed by atoms with Crippen LogP contribution in [-0.2, 0) is 4.79 Å². The molecule has 1 aromatic heterocycles. The Morgan fingerprint density at radius 1 is 1.53 bits per heavy atom. The smallest absolute Gasteiger partial charge is 0.221 e. The number of amides is 1. The van der Waals surface area contributed by atoms with E-state index in [1.54, 1.807) is 0 Å². The SMILES string of the molecule is CC(C)NCCC(=O)NCC(O)c1ccsc1. The zero-order valence-electron chi connectivity index (χ0n) is 10.3. The zero-order valence-corrected chi connectivity index (χ0v) is 11.1. The molecule has 1 rings (SSSR count). The fourth-order valence-corrected chi connectivity index (χ4v) is 2.06. The maximum Gasteiger partial charge on any atom is 0.221 e. The van der Waals surface area contributed by atoms with E-state index >= 15 is 0 Å². The molecule has 0 aliphatic rings. The minimum Gasteiger partial charge on any atom is -0.387 e. The molecule has 17 heavy (non-hydrogen) atoms. The van der Waals surface area contributed by atoms with Crippen LogP contribution in [0.15, 0.2) is 16.8 Å². The summed E-state index contributed by atoms with van der Waals surface area (Å²) < 4.78 is 0. The van der Waals surface area contributed by atoms with Crippen LogP contribution in [0.25, 0.3) is 0 Å². The number of aliphatic hydroxyl groups excluding tert-OH is 1. The molecule has 4 nitrogen and oxygen atoms in total. The third-order valence-corrected chi connectivity index (χ3v) is 3.03. The van der Waals surface area contributed by atoms with Gasteiger partial charge in [0.05, 0.1) is 6.10 Å². The monoisotopic (exact) mass is 256 g/mol. The third-order valence-electron chi connectivity index (χ3n) is 2.33. The lowest BCUT2D eigenvalue weighted by atomic mass is 10.2. The van der Waals surface area contributed by atoms with Gasteiger partial charge in [0.2, 0.25) is 5.91 Å². The van der Waals surface area contributed by atoms with Crippen LogP contribution in [0.1, 0.15) is 31.9 Å². The first-order chi connectivity index (χ1) is 8.09. The lowest BCUT2D eigenvalue weighted by molar-refractivity contribution is -0.121. The molecule has 5 heteroatoms. The molecular formula is C12H20N2O2S. The summed E-state index contributed by atoms with van der Waals surface area (Å²) in [6, 6.07) is 2.25. The quantitative estimate of drug-likeness (QED) is 0.689. The third kappa shape index (κ3) is 5.81. The number of carbonyl (C=O) groups excluding carboxylic acids is 1. The van der Waals surface area contributed by atoms with Gasteiger partial charge in [0.1, 0.15) is 0 Å². The highest BCUT2D eigenvalue weighted by Gasteiger charge is 2.09. The van der Waals surface area contributed by atoms with E-state index in [-0.39, 0.29) is 12.5 Å². The van der Waals surface area contributed by atoms with Crippen LogP contribution in [-0.4, -0.2) is 30.1 Å². The Morgan fingerprint density at radius 3 is 2.88 bits per heavy atom. The Balaban J connectivity index is 2.15. The molecule has 1 amide bonds. The molecule has 0 spiro atoms. The van der Waals surface area contributed by atoms with Crippen LogP contribution in [0.2, 0.25) is 0 Å². The molecule has 96 valence electrons. The molecule has 1 heterocycles. The number of nitrogens with one attached hydrogen (secondary N) is 2. The van der Waals surface area contributed by atoms with Crippen LogP contribution in [0, 0.1) is 0 Å². The molecule has 0 aliphatic carbocycles. The second-order valence-electron chi connectivity index (χ2n) is 4.24. The van der Waals surface area contributed by atoms with Crippen LogP contribution in [0.4, 0.5) is 0 Å². The number of aliphatic hydroxyl groups is 1. The second kappa shape index (κ2) is 7.42. The van der Waals surface area contributed by atoms with E-state index in [2.05, 4.69) is 10.6 Å². The average molecular weight is 256 g/mol. The predicted octanol–water partition coefficient (Wildman–Crippen LogP) is 1.29. The van der Waals surface area contributed by atoms with Crippen molar-refractivity contribution in [1.82, 2.24) is 10.6 Å². The number of rotatable bonds is 7. The number of hydrogen-bond donors (Lipinski definition) is 3. The fourth-order valence-electron chi connectivity index (χ4n) is 1.36. The van der Waals surface area contributed by atoms with Gasteiger partial charge in [0.25, 0.3) is 0 Å². The van der Waals surface area contributed by atoms with E-state index in [1.807, 2.05) is 30.7 Å². The molecule has 0 radical (unpaired) electrons. The molecule has 1 unspecified atom stereocenters. The molecule has 0 saturated carbocycles. The molecule has 1 atom stereocenters. The lowest BCUT2D eigenvalue weighted by Gasteiger charge is -2.11. The van der Waals surface area contributed by atoms with Gasteiger partial charge in [-0.25, -0.2) is 0 Å². The summed E-state index contributed by atoms with van der Waals surface area (Å²) in [5.41, 5.74) is 0.857. The summed E-state index contributed by atoms with van der Waals surface area (Å²) in [6.45, 7) is 5.02. The molecule has 0 saturated heterocycles. The molecule has 0 bridgehead atoms. The van der Waals surface area contributed by atoms with Crippen molar-refractivity contribution in [2.24, 2.45) is 0 Å². The van der Waals surface area contributed by atoms with Gasteiger partial charge in [-0.05, 0) is 22.4 Å². The van der Waals surface area contributed by atoms with Crippen molar-refractivity contribution in [3.05, 3.63) is 22.4 Å². The maximum absolute atomic E-state index is 11.4. The lowest BCUT2D eigenvalue weighted by Crippen LogP contribution is -2.32. The topological polar surface area (TPSA) is 61.4 Å². The second-order valence-corrected chi connectivity index (χ2v) is 5.02. The molecule has 0 aromatic carbocycles. The highest BCUT2D eigenvalue weighted by Crippen LogP contribution is 2.14. The molecule has 3 N–H and O–H groups in total. The average Bonchev–Trinajstić information content (AvgIpc) is 2.78. The van der Waals surface area contributed by atoms with E-state index in [0.717, 1.165) is 5.56 Å². The first-order valence-corrected chi connectivity index (χ1v) is 6.74. The Hall–Kier alpha value is -0.910. The van der Waals surface area contributed by atoms with Gasteiger partial charge in [-0.3, -0.25) is 4.79 Å². The van der Waals surface area contributed by atoms with Crippen molar-refractivity contribution in [2.45, 2.75) is 32.4 Å². The summed E-state index contributed by atoms with van der Waals surface area (Å²) in [4.78, 5) is 11.4. The van der Waals surface area contributed by atoms with Gasteiger partial charge in [0.15, 0.2) is 0 Å². The van der Waals surface area contributed by atoms with Crippen molar-refractivity contribution in [3.63, 3.8) is 0 Å². The largest absolute Gasteiger partial charge is 0.387 e. The van der Waals surface area contributed by atoms with E-state index in [0.29, 0.717) is 19.0 Å². The Morgan fingerprint density at radius 2 is 2.29 bits per heavy atom. The van der Waals surface area contributed by atoms with Gasteiger partial charge in [-0.15, -0.1) is 0 Å². The van der Waals surface area contributed by atoms with Crippen molar-refractivity contribution in [3.8, 4) is 0 Å². The Labute approximate surface area is 106 Å². The van der Waals surface area contributed by atoms with Crippen molar-refractivity contribution >= 4 is 17.2 Å². The summed E-state index contributed by atoms with van der Waals surface area (Å²) >= 11 is 1.54. The zero-order chi connectivity index (χ0) is 12.7. The van der Waals surface area contributed by atoms with Crippen molar-refractivity contribution in [1.29, 1.82) is 0 Å². The summed E-state index contributed by atoms with van der Waals surface area (Å²) in [7, 11) is 0. The number of carbonyl (C=O) groups is 1. The van der Waals surface area contributed by atoms with E-state index < -0.39 is 6.10 Å². The standard InChI is InChI=1S/C12H20N2O2S/c1-9(2)13-5-3-12(16)14-7-11(15)10-4-6-17-8-10/h4,6,8-9,11,13,15H,3,5,7H2,1-2H3,(H,14,16). The fraction of sp³-hybridized carbons (Fsp3) is 0.583. The number of hydrogen-bond acceptors (Lipinski definition) is 4. The highest BCUT2D eigenvalue weighted by molar-refractivity contribution is 7.07. The van der Waals surface area contributed by atoms with Gasteiger partial charge >= 0.3 is 0 Å². The normalized spacial score (nSPS) is 12.7. The van der Waals surface area contributed by atoms with Gasteiger partial charge in [-0.2, -0.15) is 11.3 Å². The summed E-state index contributed by atoms with van der Waals surface area (Å²) in [6.07, 6.45) is -0.169. The highest BCUT2D eigenvalue weighted by atomic mass is 32.1. The van der Waals surface area contributed by atoms with Gasteiger partial charge in [-0.1, -0.05) is 13.8 Å². The summed E-state index contributed by atoms with van der Waals surface area (Å²) in [5, 5.41) is 19.4. The predicted molar refractivity (Wildman–Crippen MR) is 70.0 cm³/mol. The Bertz CT molecular complexity index is 325. The number of thiophene rings is 1. The minimum atomic E-state index is -0.608.